The molecule has 0 amide bonds. The average Bonchev–Trinajstić information content (AvgIpc) is 2.21. The summed E-state index contributed by atoms with van der Waals surface area (Å²) < 4.78 is 0. The monoisotopic (exact) mass is 179 g/mol. The molecular weight excluding hydrogens is 162 g/mol. The molecule has 1 aromatic rings. The molecule has 1 heterocycles. The van der Waals surface area contributed by atoms with Crippen LogP contribution in [0.25, 0.3) is 0 Å². The number of aromatic nitrogens is 1. The van der Waals surface area contributed by atoms with Crippen molar-refractivity contribution in [1.29, 1.82) is 0 Å². The largest absolute Gasteiger partial charge is 0.320 e. The zero-order valence-corrected chi connectivity index (χ0v) is 8.25. The van der Waals surface area contributed by atoms with Crippen LogP contribution in [0.2, 0.25) is 0 Å². The van der Waals surface area contributed by atoms with E-state index in [2.05, 4.69) is 27.8 Å². The second-order valence-electron chi connectivity index (χ2n) is 3.01. The van der Waals surface area contributed by atoms with Crippen LogP contribution in [0.5, 0.6) is 0 Å². The lowest BCUT2D eigenvalue weighted by Gasteiger charge is -2.15. The molecule has 13 heavy (non-hydrogen) atoms. The molecule has 72 valence electrons. The zero-order valence-electron chi connectivity index (χ0n) is 8.25. The molecule has 1 atom stereocenters. The van der Waals surface area contributed by atoms with Crippen molar-refractivity contribution in [3.8, 4) is 0 Å². The maximum atomic E-state index is 4.00. The number of rotatable bonds is 5. The van der Waals surface area contributed by atoms with Gasteiger partial charge in [-0.3, -0.25) is 4.98 Å². The Morgan fingerprint density at radius 2 is 2.00 bits per heavy atom. The standard InChI is InChI=1S/C10H17N3/c1-11-6-5-10(12-2)9-3-7-13-8-4-9/h3-4,7-8,10-12H,5-6H2,1-2H3. The van der Waals surface area contributed by atoms with Gasteiger partial charge in [0.25, 0.3) is 0 Å². The van der Waals surface area contributed by atoms with Crippen LogP contribution in [0.15, 0.2) is 24.5 Å². The number of hydrogen-bond acceptors (Lipinski definition) is 3. The Kier molecular flexibility index (Phi) is 4.43. The van der Waals surface area contributed by atoms with Crippen molar-refractivity contribution in [1.82, 2.24) is 15.6 Å². The first-order valence-corrected chi connectivity index (χ1v) is 4.60. The van der Waals surface area contributed by atoms with Gasteiger partial charge in [-0.05, 0) is 44.8 Å². The lowest BCUT2D eigenvalue weighted by Crippen LogP contribution is -2.21. The first-order valence-electron chi connectivity index (χ1n) is 4.60. The maximum Gasteiger partial charge on any atom is 0.0330 e. The van der Waals surface area contributed by atoms with Gasteiger partial charge in [-0.1, -0.05) is 0 Å². The normalized spacial score (nSPS) is 12.8. The van der Waals surface area contributed by atoms with Crippen LogP contribution < -0.4 is 10.6 Å². The summed E-state index contributed by atoms with van der Waals surface area (Å²) in [6.45, 7) is 1.02. The van der Waals surface area contributed by atoms with Gasteiger partial charge < -0.3 is 10.6 Å². The fourth-order valence-electron chi connectivity index (χ4n) is 1.36. The quantitative estimate of drug-likeness (QED) is 0.706. The first kappa shape index (κ1) is 10.2. The first-order chi connectivity index (χ1) is 6.38. The van der Waals surface area contributed by atoms with Crippen molar-refractivity contribution in [2.75, 3.05) is 20.6 Å². The summed E-state index contributed by atoms with van der Waals surface area (Å²) >= 11 is 0. The Balaban J connectivity index is 2.56. The SMILES string of the molecule is CNCCC(NC)c1ccncc1. The molecule has 3 nitrogen and oxygen atoms in total. The van der Waals surface area contributed by atoms with Gasteiger partial charge in [-0.15, -0.1) is 0 Å². The lowest BCUT2D eigenvalue weighted by molar-refractivity contribution is 0.533. The Labute approximate surface area is 79.6 Å². The van der Waals surface area contributed by atoms with Gasteiger partial charge >= 0.3 is 0 Å². The molecule has 0 radical (unpaired) electrons. The molecule has 0 fully saturated rings. The van der Waals surface area contributed by atoms with E-state index in [1.165, 1.54) is 5.56 Å². The third-order valence-electron chi connectivity index (χ3n) is 2.14. The predicted octanol–water partition coefficient (Wildman–Crippen LogP) is 0.952. The molecule has 0 bridgehead atoms. The molecule has 1 aromatic heterocycles. The second-order valence-corrected chi connectivity index (χ2v) is 3.01. The molecule has 1 rings (SSSR count). The summed E-state index contributed by atoms with van der Waals surface area (Å²) in [6, 6.07) is 4.53. The van der Waals surface area contributed by atoms with Crippen LogP contribution in [-0.4, -0.2) is 25.6 Å². The van der Waals surface area contributed by atoms with Gasteiger partial charge in [0.2, 0.25) is 0 Å². The summed E-state index contributed by atoms with van der Waals surface area (Å²) in [6.07, 6.45) is 4.76. The van der Waals surface area contributed by atoms with Crippen molar-refractivity contribution in [2.24, 2.45) is 0 Å². The molecule has 0 saturated heterocycles. The molecule has 0 aliphatic heterocycles. The van der Waals surface area contributed by atoms with Crippen molar-refractivity contribution in [3.63, 3.8) is 0 Å². The summed E-state index contributed by atoms with van der Waals surface area (Å²) in [7, 11) is 3.96. The van der Waals surface area contributed by atoms with Crippen molar-refractivity contribution < 1.29 is 0 Å². The highest BCUT2D eigenvalue weighted by Gasteiger charge is 2.06. The van der Waals surface area contributed by atoms with Gasteiger partial charge in [-0.25, -0.2) is 0 Å². The number of pyridine rings is 1. The molecule has 1 unspecified atom stereocenters. The Morgan fingerprint density at radius 1 is 1.31 bits per heavy atom. The number of nitrogens with zero attached hydrogens (tertiary/aromatic N) is 1. The fourth-order valence-corrected chi connectivity index (χ4v) is 1.36. The summed E-state index contributed by atoms with van der Waals surface area (Å²) in [5.74, 6) is 0. The van der Waals surface area contributed by atoms with Crippen molar-refractivity contribution >= 4 is 0 Å². The average molecular weight is 179 g/mol. The van der Waals surface area contributed by atoms with Crippen LogP contribution in [0.4, 0.5) is 0 Å². The fraction of sp³-hybridized carbons (Fsp3) is 0.500. The lowest BCUT2D eigenvalue weighted by atomic mass is 10.1. The van der Waals surface area contributed by atoms with Gasteiger partial charge in [-0.2, -0.15) is 0 Å². The van der Waals surface area contributed by atoms with E-state index in [1.807, 2.05) is 26.5 Å². The number of hydrogen-bond donors (Lipinski definition) is 2. The number of nitrogens with one attached hydrogen (secondary N) is 2. The van der Waals surface area contributed by atoms with Crippen molar-refractivity contribution in [3.05, 3.63) is 30.1 Å². The van der Waals surface area contributed by atoms with Crippen LogP contribution in [-0.2, 0) is 0 Å². The highest BCUT2D eigenvalue weighted by atomic mass is 14.9. The third-order valence-corrected chi connectivity index (χ3v) is 2.14. The summed E-state index contributed by atoms with van der Waals surface area (Å²) in [5.41, 5.74) is 1.30. The Bertz CT molecular complexity index is 223. The van der Waals surface area contributed by atoms with E-state index in [9.17, 15) is 0 Å². The Morgan fingerprint density at radius 3 is 2.54 bits per heavy atom. The van der Waals surface area contributed by atoms with Gasteiger partial charge in [0.05, 0.1) is 0 Å². The summed E-state index contributed by atoms with van der Waals surface area (Å²) in [5, 5.41) is 6.43. The highest BCUT2D eigenvalue weighted by Crippen LogP contribution is 2.13. The van der Waals surface area contributed by atoms with E-state index < -0.39 is 0 Å². The molecule has 3 heteroatoms. The third kappa shape index (κ3) is 3.13. The second kappa shape index (κ2) is 5.67. The maximum absolute atomic E-state index is 4.00. The van der Waals surface area contributed by atoms with Crippen LogP contribution in [0, 0.1) is 0 Å². The van der Waals surface area contributed by atoms with E-state index in [4.69, 9.17) is 0 Å². The smallest absolute Gasteiger partial charge is 0.0330 e. The van der Waals surface area contributed by atoms with Crippen LogP contribution in [0.3, 0.4) is 0 Å². The van der Waals surface area contributed by atoms with Crippen LogP contribution in [0.1, 0.15) is 18.0 Å². The summed E-state index contributed by atoms with van der Waals surface area (Å²) in [4.78, 5) is 4.00. The Hall–Kier alpha value is -0.930. The predicted molar refractivity (Wildman–Crippen MR) is 54.6 cm³/mol. The topological polar surface area (TPSA) is 37.0 Å². The minimum atomic E-state index is 0.426. The minimum Gasteiger partial charge on any atom is -0.320 e. The highest BCUT2D eigenvalue weighted by molar-refractivity contribution is 5.14. The van der Waals surface area contributed by atoms with Crippen LogP contribution >= 0.6 is 0 Å². The molecule has 2 N–H and O–H groups in total. The molecule has 0 aliphatic rings. The van der Waals surface area contributed by atoms with Gasteiger partial charge in [0, 0.05) is 18.4 Å². The molecular formula is C10H17N3. The van der Waals surface area contributed by atoms with E-state index in [1.54, 1.807) is 0 Å². The van der Waals surface area contributed by atoms with E-state index in [0.717, 1.165) is 13.0 Å². The van der Waals surface area contributed by atoms with E-state index >= 15 is 0 Å². The molecule has 0 aliphatic carbocycles. The van der Waals surface area contributed by atoms with Gasteiger partial charge in [0.1, 0.15) is 0 Å². The van der Waals surface area contributed by atoms with Gasteiger partial charge in [0.15, 0.2) is 0 Å². The molecule has 0 aromatic carbocycles. The molecule has 0 saturated carbocycles. The molecule has 0 spiro atoms. The van der Waals surface area contributed by atoms with E-state index in [-0.39, 0.29) is 0 Å². The van der Waals surface area contributed by atoms with E-state index in [0.29, 0.717) is 6.04 Å². The van der Waals surface area contributed by atoms with Crippen molar-refractivity contribution in [2.45, 2.75) is 12.5 Å². The zero-order chi connectivity index (χ0) is 9.52. The minimum absolute atomic E-state index is 0.426.